The number of thiazole rings is 1. The van der Waals surface area contributed by atoms with Crippen LogP contribution in [0.15, 0.2) is 84.2 Å². The third-order valence-electron chi connectivity index (χ3n) is 4.76. The highest BCUT2D eigenvalue weighted by molar-refractivity contribution is 7.13. The van der Waals surface area contributed by atoms with E-state index in [-0.39, 0.29) is 11.3 Å². The van der Waals surface area contributed by atoms with Gasteiger partial charge in [0.1, 0.15) is 17.9 Å². The normalized spacial score (nSPS) is 10.6. The molecule has 1 aromatic heterocycles. The van der Waals surface area contributed by atoms with Crippen molar-refractivity contribution in [2.24, 2.45) is 0 Å². The molecule has 0 fully saturated rings. The Labute approximate surface area is 182 Å². The van der Waals surface area contributed by atoms with E-state index in [0.717, 1.165) is 27.6 Å². The van der Waals surface area contributed by atoms with Crippen LogP contribution in [0.1, 0.15) is 15.9 Å². The third kappa shape index (κ3) is 4.59. The van der Waals surface area contributed by atoms with Crippen molar-refractivity contribution in [3.8, 4) is 11.3 Å². The minimum absolute atomic E-state index is 0.0393. The van der Waals surface area contributed by atoms with Gasteiger partial charge in [-0.05, 0) is 42.0 Å². The molecule has 0 bridgehead atoms. The fourth-order valence-electron chi connectivity index (χ4n) is 3.16. The van der Waals surface area contributed by atoms with Gasteiger partial charge in [-0.1, -0.05) is 41.7 Å². The van der Waals surface area contributed by atoms with Gasteiger partial charge in [0.15, 0.2) is 0 Å². The summed E-state index contributed by atoms with van der Waals surface area (Å²) in [5.41, 5.74) is 3.91. The molecule has 0 saturated carbocycles. The SMILES string of the molecule is O=C(O)c1ccc(C[n+]2c(-c3ccc([N+](=O)[O-])cc3)csc2Nc2ccccc2)cc1. The summed E-state index contributed by atoms with van der Waals surface area (Å²) in [5, 5.41) is 26.4. The van der Waals surface area contributed by atoms with Crippen molar-refractivity contribution in [2.45, 2.75) is 6.54 Å². The summed E-state index contributed by atoms with van der Waals surface area (Å²) in [7, 11) is 0. The maximum Gasteiger partial charge on any atom is 0.339 e. The van der Waals surface area contributed by atoms with Crippen LogP contribution in [0.5, 0.6) is 0 Å². The van der Waals surface area contributed by atoms with E-state index in [2.05, 4.69) is 9.88 Å². The predicted molar refractivity (Wildman–Crippen MR) is 119 cm³/mol. The van der Waals surface area contributed by atoms with Crippen LogP contribution in [-0.2, 0) is 6.54 Å². The fraction of sp³-hybridized carbons (Fsp3) is 0.0435. The second-order valence-corrected chi connectivity index (χ2v) is 7.67. The fourth-order valence-corrected chi connectivity index (χ4v) is 4.11. The lowest BCUT2D eigenvalue weighted by Gasteiger charge is -2.07. The molecular weight excluding hydrogens is 414 g/mol. The van der Waals surface area contributed by atoms with Crippen molar-refractivity contribution in [3.05, 3.63) is 105 Å². The zero-order valence-electron chi connectivity index (χ0n) is 16.3. The lowest BCUT2D eigenvalue weighted by atomic mass is 10.1. The van der Waals surface area contributed by atoms with Crippen molar-refractivity contribution < 1.29 is 19.4 Å². The van der Waals surface area contributed by atoms with E-state index in [1.54, 1.807) is 36.4 Å². The average Bonchev–Trinajstić information content (AvgIpc) is 3.17. The molecule has 154 valence electrons. The van der Waals surface area contributed by atoms with Gasteiger partial charge in [-0.2, -0.15) is 0 Å². The highest BCUT2D eigenvalue weighted by atomic mass is 32.1. The second kappa shape index (κ2) is 8.76. The molecule has 0 unspecified atom stereocenters. The van der Waals surface area contributed by atoms with E-state index in [0.29, 0.717) is 6.54 Å². The van der Waals surface area contributed by atoms with Crippen LogP contribution in [0, 0.1) is 10.1 Å². The number of carboxylic acids is 1. The number of nitrogens with one attached hydrogen (secondary N) is 1. The summed E-state index contributed by atoms with van der Waals surface area (Å²) in [4.78, 5) is 21.7. The number of hydrogen-bond donors (Lipinski definition) is 2. The zero-order valence-corrected chi connectivity index (χ0v) is 17.1. The Morgan fingerprint density at radius 3 is 2.29 bits per heavy atom. The molecule has 0 aliphatic rings. The zero-order chi connectivity index (χ0) is 21.8. The molecule has 8 heteroatoms. The number of para-hydroxylation sites is 1. The smallest absolute Gasteiger partial charge is 0.339 e. The molecule has 0 spiro atoms. The molecule has 0 aliphatic carbocycles. The molecule has 0 atom stereocenters. The van der Waals surface area contributed by atoms with E-state index in [9.17, 15) is 14.9 Å². The molecule has 0 aliphatic heterocycles. The van der Waals surface area contributed by atoms with Crippen LogP contribution in [-0.4, -0.2) is 16.0 Å². The lowest BCUT2D eigenvalue weighted by molar-refractivity contribution is -0.659. The summed E-state index contributed by atoms with van der Waals surface area (Å²) >= 11 is 1.53. The second-order valence-electron chi connectivity index (χ2n) is 6.81. The summed E-state index contributed by atoms with van der Waals surface area (Å²) in [5.74, 6) is -0.965. The van der Waals surface area contributed by atoms with E-state index < -0.39 is 10.9 Å². The number of benzene rings is 3. The molecule has 4 aromatic rings. The Balaban J connectivity index is 1.72. The number of nitro benzene ring substituents is 1. The summed E-state index contributed by atoms with van der Waals surface area (Å²) in [6.45, 7) is 0.505. The van der Waals surface area contributed by atoms with Gasteiger partial charge in [0.2, 0.25) is 0 Å². The van der Waals surface area contributed by atoms with Crippen molar-refractivity contribution in [1.82, 2.24) is 0 Å². The summed E-state index contributed by atoms with van der Waals surface area (Å²) in [6.07, 6.45) is 0. The number of non-ortho nitro benzene ring substituents is 1. The number of anilines is 2. The van der Waals surface area contributed by atoms with Crippen LogP contribution in [0.2, 0.25) is 0 Å². The van der Waals surface area contributed by atoms with Crippen molar-refractivity contribution >= 4 is 33.8 Å². The standard InChI is InChI=1S/C23H17N3O4S/c27-22(28)18-8-6-16(7-9-18)14-25-21(17-10-12-20(13-11-17)26(29)30)15-31-23(25)24-19-4-2-1-3-5-19/h1-13,15H,14H2,(H,27,28)/p+1. The first-order chi connectivity index (χ1) is 15.0. The van der Waals surface area contributed by atoms with Crippen molar-refractivity contribution in [1.29, 1.82) is 0 Å². The van der Waals surface area contributed by atoms with Gasteiger partial charge in [0, 0.05) is 23.1 Å². The number of aromatic nitrogens is 1. The number of hydrogen-bond acceptors (Lipinski definition) is 5. The van der Waals surface area contributed by atoms with Crippen LogP contribution >= 0.6 is 11.3 Å². The molecule has 1 heterocycles. The number of aromatic carboxylic acids is 1. The Morgan fingerprint density at radius 2 is 1.68 bits per heavy atom. The van der Waals surface area contributed by atoms with Crippen molar-refractivity contribution in [3.63, 3.8) is 0 Å². The van der Waals surface area contributed by atoms with E-state index in [1.807, 2.05) is 35.7 Å². The first-order valence-electron chi connectivity index (χ1n) is 9.42. The average molecular weight is 432 g/mol. The molecule has 0 amide bonds. The predicted octanol–water partition coefficient (Wildman–Crippen LogP) is 5.10. The molecule has 2 N–H and O–H groups in total. The topological polar surface area (TPSA) is 96.3 Å². The van der Waals surface area contributed by atoms with Crippen LogP contribution < -0.4 is 9.88 Å². The van der Waals surface area contributed by atoms with Crippen LogP contribution in [0.4, 0.5) is 16.5 Å². The van der Waals surface area contributed by atoms with Gasteiger partial charge >= 0.3 is 11.1 Å². The Kier molecular flexibility index (Phi) is 5.72. The Hall–Kier alpha value is -4.04. The molecule has 31 heavy (non-hydrogen) atoms. The van der Waals surface area contributed by atoms with Gasteiger partial charge in [-0.15, -0.1) is 0 Å². The van der Waals surface area contributed by atoms with E-state index in [1.165, 1.54) is 23.5 Å². The highest BCUT2D eigenvalue weighted by Crippen LogP contribution is 2.27. The van der Waals surface area contributed by atoms with E-state index >= 15 is 0 Å². The van der Waals surface area contributed by atoms with Crippen molar-refractivity contribution in [2.75, 3.05) is 5.32 Å². The number of nitro groups is 1. The first kappa shape index (κ1) is 20.2. The maximum atomic E-state index is 11.1. The third-order valence-corrected chi connectivity index (χ3v) is 5.65. The number of carbonyl (C=O) groups is 1. The molecule has 4 rings (SSSR count). The Bertz CT molecular complexity index is 1220. The van der Waals surface area contributed by atoms with Gasteiger partial charge in [0.05, 0.1) is 10.5 Å². The number of nitrogens with zero attached hydrogens (tertiary/aromatic N) is 2. The van der Waals surface area contributed by atoms with Crippen LogP contribution in [0.25, 0.3) is 11.3 Å². The number of rotatable bonds is 7. The van der Waals surface area contributed by atoms with Gasteiger partial charge in [-0.3, -0.25) is 10.1 Å². The van der Waals surface area contributed by atoms with Gasteiger partial charge in [0.25, 0.3) is 5.69 Å². The molecular formula is C23H18N3O4S+. The van der Waals surface area contributed by atoms with E-state index in [4.69, 9.17) is 5.11 Å². The molecule has 0 saturated heterocycles. The molecule has 7 nitrogen and oxygen atoms in total. The minimum Gasteiger partial charge on any atom is -0.478 e. The van der Waals surface area contributed by atoms with Gasteiger partial charge < -0.3 is 5.11 Å². The van der Waals surface area contributed by atoms with Crippen LogP contribution in [0.3, 0.4) is 0 Å². The molecule has 0 radical (unpaired) electrons. The Morgan fingerprint density at radius 1 is 1.00 bits per heavy atom. The minimum atomic E-state index is -0.965. The van der Waals surface area contributed by atoms with Gasteiger partial charge in [-0.25, -0.2) is 14.7 Å². The number of carboxylic acid groups (broad SMARTS) is 1. The monoisotopic (exact) mass is 432 g/mol. The quantitative estimate of drug-likeness (QED) is 0.241. The molecule has 3 aromatic carbocycles. The lowest BCUT2D eigenvalue weighted by Crippen LogP contribution is -2.37. The highest BCUT2D eigenvalue weighted by Gasteiger charge is 2.21. The summed E-state index contributed by atoms with van der Waals surface area (Å²) < 4.78 is 2.08. The first-order valence-corrected chi connectivity index (χ1v) is 10.3. The summed E-state index contributed by atoms with van der Waals surface area (Å²) in [6, 6.07) is 23.0. The largest absolute Gasteiger partial charge is 0.478 e. The maximum absolute atomic E-state index is 11.1.